The Labute approximate surface area is 123 Å². The molecule has 3 rings (SSSR count). The Morgan fingerprint density at radius 1 is 1.11 bits per heavy atom. The van der Waals surface area contributed by atoms with Gasteiger partial charge in [0.25, 0.3) is 0 Å². The van der Waals surface area contributed by atoms with Gasteiger partial charge in [-0.25, -0.2) is 4.98 Å². The van der Waals surface area contributed by atoms with Crippen molar-refractivity contribution in [2.24, 2.45) is 0 Å². The van der Waals surface area contributed by atoms with Gasteiger partial charge < -0.3 is 5.32 Å². The highest BCUT2D eigenvalue weighted by molar-refractivity contribution is 9.10. The predicted octanol–water partition coefficient (Wildman–Crippen LogP) is 4.79. The van der Waals surface area contributed by atoms with Gasteiger partial charge in [0, 0.05) is 27.9 Å². The van der Waals surface area contributed by atoms with Crippen LogP contribution in [0, 0.1) is 0 Å². The van der Waals surface area contributed by atoms with E-state index in [2.05, 4.69) is 31.2 Å². The predicted molar refractivity (Wildman–Crippen MR) is 82.0 cm³/mol. The van der Waals surface area contributed by atoms with E-state index in [1.54, 1.807) is 18.5 Å². The Morgan fingerprint density at radius 2 is 2.00 bits per heavy atom. The van der Waals surface area contributed by atoms with Gasteiger partial charge in [0.1, 0.15) is 5.82 Å². The summed E-state index contributed by atoms with van der Waals surface area (Å²) in [6.07, 6.45) is 3.48. The van der Waals surface area contributed by atoms with Crippen molar-refractivity contribution in [2.45, 2.75) is 0 Å². The number of halogens is 2. The van der Waals surface area contributed by atoms with Gasteiger partial charge in [-0.3, -0.25) is 4.98 Å². The molecule has 0 atom stereocenters. The summed E-state index contributed by atoms with van der Waals surface area (Å²) in [5.74, 6) is 0.626. The van der Waals surface area contributed by atoms with Crippen molar-refractivity contribution >= 4 is 49.9 Å². The van der Waals surface area contributed by atoms with Crippen molar-refractivity contribution in [3.8, 4) is 0 Å². The molecule has 1 aromatic carbocycles. The number of rotatable bonds is 2. The highest BCUT2D eigenvalue weighted by Crippen LogP contribution is 2.29. The highest BCUT2D eigenvalue weighted by Gasteiger charge is 2.06. The molecule has 1 N–H and O–H groups in total. The normalized spacial score (nSPS) is 10.6. The zero-order valence-corrected chi connectivity index (χ0v) is 12.1. The topological polar surface area (TPSA) is 37.8 Å². The standard InChI is InChI=1S/C14H9BrClN3/c15-9-7-11(16)14(18-8-9)19-13-5-1-4-12-10(13)3-2-6-17-12/h1-8H,(H,18,19). The zero-order valence-electron chi connectivity index (χ0n) is 9.77. The van der Waals surface area contributed by atoms with E-state index in [-0.39, 0.29) is 0 Å². The summed E-state index contributed by atoms with van der Waals surface area (Å²) in [7, 11) is 0. The van der Waals surface area contributed by atoms with Gasteiger partial charge in [-0.05, 0) is 46.3 Å². The first-order valence-corrected chi connectivity index (χ1v) is 6.83. The van der Waals surface area contributed by atoms with E-state index in [0.717, 1.165) is 21.1 Å². The van der Waals surface area contributed by atoms with Crippen molar-refractivity contribution in [1.82, 2.24) is 9.97 Å². The van der Waals surface area contributed by atoms with E-state index in [1.807, 2.05) is 30.3 Å². The van der Waals surface area contributed by atoms with Crippen molar-refractivity contribution in [1.29, 1.82) is 0 Å². The highest BCUT2D eigenvalue weighted by atomic mass is 79.9. The monoisotopic (exact) mass is 333 g/mol. The molecule has 3 nitrogen and oxygen atoms in total. The summed E-state index contributed by atoms with van der Waals surface area (Å²) in [5.41, 5.74) is 1.86. The number of hydrogen-bond donors (Lipinski definition) is 1. The summed E-state index contributed by atoms with van der Waals surface area (Å²) >= 11 is 9.50. The maximum absolute atomic E-state index is 6.16. The molecule has 0 spiro atoms. The Hall–Kier alpha value is -1.65. The second kappa shape index (κ2) is 5.15. The lowest BCUT2D eigenvalue weighted by Gasteiger charge is -2.10. The smallest absolute Gasteiger partial charge is 0.149 e. The van der Waals surface area contributed by atoms with Crippen molar-refractivity contribution in [2.75, 3.05) is 5.32 Å². The number of aromatic nitrogens is 2. The van der Waals surface area contributed by atoms with Crippen LogP contribution in [-0.4, -0.2) is 9.97 Å². The quantitative estimate of drug-likeness (QED) is 0.732. The largest absolute Gasteiger partial charge is 0.338 e. The van der Waals surface area contributed by atoms with E-state index in [4.69, 9.17) is 11.6 Å². The molecule has 0 amide bonds. The molecule has 3 aromatic rings. The fourth-order valence-corrected chi connectivity index (χ4v) is 2.52. The Balaban J connectivity index is 2.06. The molecule has 2 heterocycles. The van der Waals surface area contributed by atoms with Crippen LogP contribution in [0.2, 0.25) is 5.02 Å². The molecule has 0 unspecified atom stereocenters. The lowest BCUT2D eigenvalue weighted by molar-refractivity contribution is 1.29. The van der Waals surface area contributed by atoms with E-state index >= 15 is 0 Å². The number of benzene rings is 1. The summed E-state index contributed by atoms with van der Waals surface area (Å²) < 4.78 is 0.850. The first-order chi connectivity index (χ1) is 9.24. The molecule has 5 heteroatoms. The molecule has 0 fully saturated rings. The molecule has 2 aromatic heterocycles. The minimum absolute atomic E-state index is 0.565. The number of fused-ring (bicyclic) bond motifs is 1. The first-order valence-electron chi connectivity index (χ1n) is 5.66. The van der Waals surface area contributed by atoms with Gasteiger partial charge in [0.05, 0.1) is 10.5 Å². The van der Waals surface area contributed by atoms with Crippen LogP contribution in [0.25, 0.3) is 10.9 Å². The lowest BCUT2D eigenvalue weighted by atomic mass is 10.2. The van der Waals surface area contributed by atoms with Gasteiger partial charge in [-0.15, -0.1) is 0 Å². The first kappa shape index (κ1) is 12.4. The number of anilines is 2. The van der Waals surface area contributed by atoms with Crippen LogP contribution in [0.15, 0.2) is 53.3 Å². The van der Waals surface area contributed by atoms with Crippen LogP contribution in [-0.2, 0) is 0 Å². The van der Waals surface area contributed by atoms with Gasteiger partial charge in [0.15, 0.2) is 0 Å². The maximum Gasteiger partial charge on any atom is 0.149 e. The van der Waals surface area contributed by atoms with Gasteiger partial charge in [-0.1, -0.05) is 17.7 Å². The van der Waals surface area contributed by atoms with Crippen LogP contribution in [0.3, 0.4) is 0 Å². The second-order valence-corrected chi connectivity index (χ2v) is 5.31. The Kier molecular flexibility index (Phi) is 3.36. The molecular weight excluding hydrogens is 326 g/mol. The molecular formula is C14H9BrClN3. The van der Waals surface area contributed by atoms with E-state index in [1.165, 1.54) is 0 Å². The molecule has 0 saturated carbocycles. The summed E-state index contributed by atoms with van der Waals surface area (Å²) in [4.78, 5) is 8.59. The van der Waals surface area contributed by atoms with Crippen LogP contribution in [0.1, 0.15) is 0 Å². The second-order valence-electron chi connectivity index (χ2n) is 3.98. The summed E-state index contributed by atoms with van der Waals surface area (Å²) in [5, 5.41) is 4.84. The van der Waals surface area contributed by atoms with Crippen molar-refractivity contribution < 1.29 is 0 Å². The number of hydrogen-bond acceptors (Lipinski definition) is 3. The molecule has 19 heavy (non-hydrogen) atoms. The average molecular weight is 335 g/mol. The van der Waals surface area contributed by atoms with Gasteiger partial charge in [-0.2, -0.15) is 0 Å². The third-order valence-electron chi connectivity index (χ3n) is 2.71. The number of nitrogens with one attached hydrogen (secondary N) is 1. The van der Waals surface area contributed by atoms with Crippen LogP contribution in [0.5, 0.6) is 0 Å². The minimum Gasteiger partial charge on any atom is -0.338 e. The van der Waals surface area contributed by atoms with Crippen molar-refractivity contribution in [3.05, 3.63) is 58.3 Å². The molecule has 0 aliphatic carbocycles. The number of nitrogens with zero attached hydrogens (tertiary/aromatic N) is 2. The third kappa shape index (κ3) is 2.55. The average Bonchev–Trinajstić information content (AvgIpc) is 2.42. The zero-order chi connectivity index (χ0) is 13.2. The van der Waals surface area contributed by atoms with Crippen LogP contribution < -0.4 is 5.32 Å². The van der Waals surface area contributed by atoms with E-state index in [0.29, 0.717) is 10.8 Å². The molecule has 94 valence electrons. The SMILES string of the molecule is Clc1cc(Br)cnc1Nc1cccc2ncccc12. The maximum atomic E-state index is 6.16. The third-order valence-corrected chi connectivity index (χ3v) is 3.43. The molecule has 0 aliphatic rings. The van der Waals surface area contributed by atoms with E-state index < -0.39 is 0 Å². The van der Waals surface area contributed by atoms with E-state index in [9.17, 15) is 0 Å². The van der Waals surface area contributed by atoms with Gasteiger partial charge >= 0.3 is 0 Å². The summed E-state index contributed by atoms with van der Waals surface area (Å²) in [6, 6.07) is 11.6. The lowest BCUT2D eigenvalue weighted by Crippen LogP contribution is -1.95. The van der Waals surface area contributed by atoms with Crippen molar-refractivity contribution in [3.63, 3.8) is 0 Å². The van der Waals surface area contributed by atoms with Crippen LogP contribution >= 0.6 is 27.5 Å². The molecule has 0 bridgehead atoms. The Morgan fingerprint density at radius 3 is 2.84 bits per heavy atom. The molecule has 0 saturated heterocycles. The summed E-state index contributed by atoms with van der Waals surface area (Å²) in [6.45, 7) is 0. The fraction of sp³-hybridized carbons (Fsp3) is 0. The molecule has 0 radical (unpaired) electrons. The minimum atomic E-state index is 0.565. The Bertz CT molecular complexity index is 740. The van der Waals surface area contributed by atoms with Gasteiger partial charge in [0.2, 0.25) is 0 Å². The number of pyridine rings is 2. The fourth-order valence-electron chi connectivity index (χ4n) is 1.85. The van der Waals surface area contributed by atoms with Crippen LogP contribution in [0.4, 0.5) is 11.5 Å². The molecule has 0 aliphatic heterocycles.